The molecule has 2 aromatic rings. The van der Waals surface area contributed by atoms with Gasteiger partial charge in [-0.05, 0) is 48.7 Å². The minimum Gasteiger partial charge on any atom is -0.497 e. The van der Waals surface area contributed by atoms with Crippen LogP contribution < -0.4 is 20.1 Å². The SMILES string of the molecule is COc1ccc(CCC(=O)N2CCCN(CC(=O)Nc3cc(NC(C)=O)ccc3OC)CC2)cc1. The molecular weight excluding hydrogens is 448 g/mol. The quantitative estimate of drug-likeness (QED) is 0.570. The number of anilines is 2. The zero-order chi connectivity index (χ0) is 25.2. The fourth-order valence-corrected chi connectivity index (χ4v) is 4.06. The van der Waals surface area contributed by atoms with Crippen LogP contribution >= 0.6 is 0 Å². The maximum absolute atomic E-state index is 12.8. The summed E-state index contributed by atoms with van der Waals surface area (Å²) in [5.41, 5.74) is 2.17. The third-order valence-corrected chi connectivity index (χ3v) is 5.89. The highest BCUT2D eigenvalue weighted by Gasteiger charge is 2.21. The molecule has 0 atom stereocenters. The summed E-state index contributed by atoms with van der Waals surface area (Å²) in [5, 5.41) is 5.58. The standard InChI is InChI=1S/C26H34N4O5/c1-19(31)27-21-8-11-24(35-3)23(17-21)28-25(32)18-29-13-4-14-30(16-15-29)26(33)12-7-20-5-9-22(34-2)10-6-20/h5-6,8-11,17H,4,7,12-16,18H2,1-3H3,(H,27,31)(H,28,32). The molecule has 0 saturated carbocycles. The van der Waals surface area contributed by atoms with Gasteiger partial charge in [0.1, 0.15) is 11.5 Å². The highest BCUT2D eigenvalue weighted by Crippen LogP contribution is 2.28. The molecule has 0 aliphatic carbocycles. The van der Waals surface area contributed by atoms with Gasteiger partial charge in [-0.3, -0.25) is 19.3 Å². The van der Waals surface area contributed by atoms with Gasteiger partial charge in [0, 0.05) is 45.2 Å². The first-order valence-corrected chi connectivity index (χ1v) is 11.8. The molecule has 9 nitrogen and oxygen atoms in total. The molecule has 35 heavy (non-hydrogen) atoms. The van der Waals surface area contributed by atoms with Gasteiger partial charge >= 0.3 is 0 Å². The van der Waals surface area contributed by atoms with E-state index in [9.17, 15) is 14.4 Å². The van der Waals surface area contributed by atoms with Gasteiger partial charge in [-0.1, -0.05) is 12.1 Å². The smallest absolute Gasteiger partial charge is 0.238 e. The van der Waals surface area contributed by atoms with Crippen LogP contribution in [0.2, 0.25) is 0 Å². The summed E-state index contributed by atoms with van der Waals surface area (Å²) in [6, 6.07) is 12.9. The molecule has 9 heteroatoms. The van der Waals surface area contributed by atoms with E-state index in [1.54, 1.807) is 25.3 Å². The van der Waals surface area contributed by atoms with Gasteiger partial charge in [0.15, 0.2) is 0 Å². The predicted molar refractivity (Wildman–Crippen MR) is 135 cm³/mol. The number of aryl methyl sites for hydroxylation is 1. The van der Waals surface area contributed by atoms with Gasteiger partial charge in [-0.15, -0.1) is 0 Å². The summed E-state index contributed by atoms with van der Waals surface area (Å²) in [6.07, 6.45) is 1.95. The largest absolute Gasteiger partial charge is 0.497 e. The topological polar surface area (TPSA) is 100 Å². The minimum absolute atomic E-state index is 0.131. The first-order chi connectivity index (χ1) is 16.9. The van der Waals surface area contributed by atoms with Crippen molar-refractivity contribution >= 4 is 29.1 Å². The van der Waals surface area contributed by atoms with Gasteiger partial charge in [0.2, 0.25) is 17.7 Å². The Kier molecular flexibility index (Phi) is 9.48. The summed E-state index contributed by atoms with van der Waals surface area (Å²) in [4.78, 5) is 40.8. The van der Waals surface area contributed by atoms with Crippen LogP contribution in [0.1, 0.15) is 25.3 Å². The Morgan fingerprint density at radius 3 is 2.37 bits per heavy atom. The molecule has 1 aliphatic rings. The van der Waals surface area contributed by atoms with Crippen molar-refractivity contribution in [2.24, 2.45) is 0 Å². The van der Waals surface area contributed by atoms with E-state index in [0.29, 0.717) is 49.6 Å². The van der Waals surface area contributed by atoms with Crippen molar-refractivity contribution in [3.05, 3.63) is 48.0 Å². The minimum atomic E-state index is -0.194. The Labute approximate surface area is 206 Å². The van der Waals surface area contributed by atoms with Gasteiger partial charge in [-0.2, -0.15) is 0 Å². The lowest BCUT2D eigenvalue weighted by Gasteiger charge is -2.22. The van der Waals surface area contributed by atoms with E-state index in [-0.39, 0.29) is 24.3 Å². The molecule has 0 radical (unpaired) electrons. The summed E-state index contributed by atoms with van der Waals surface area (Å²) < 4.78 is 10.5. The number of rotatable bonds is 9. The molecule has 2 N–H and O–H groups in total. The molecule has 3 amide bonds. The van der Waals surface area contributed by atoms with Gasteiger partial charge < -0.3 is 25.0 Å². The second-order valence-electron chi connectivity index (χ2n) is 8.50. The van der Waals surface area contributed by atoms with Crippen LogP contribution in [-0.2, 0) is 20.8 Å². The molecule has 0 spiro atoms. The highest BCUT2D eigenvalue weighted by atomic mass is 16.5. The van der Waals surface area contributed by atoms with E-state index >= 15 is 0 Å². The second kappa shape index (κ2) is 12.8. The monoisotopic (exact) mass is 482 g/mol. The van der Waals surface area contributed by atoms with Crippen LogP contribution in [0.3, 0.4) is 0 Å². The van der Waals surface area contributed by atoms with Crippen LogP contribution in [0.15, 0.2) is 42.5 Å². The molecule has 0 bridgehead atoms. The van der Waals surface area contributed by atoms with Crippen molar-refractivity contribution in [1.82, 2.24) is 9.80 Å². The van der Waals surface area contributed by atoms with Crippen LogP contribution in [0.4, 0.5) is 11.4 Å². The van der Waals surface area contributed by atoms with E-state index in [4.69, 9.17) is 9.47 Å². The zero-order valence-electron chi connectivity index (χ0n) is 20.6. The summed E-state index contributed by atoms with van der Waals surface area (Å²) in [7, 11) is 3.16. The number of nitrogens with zero attached hydrogens (tertiary/aromatic N) is 2. The van der Waals surface area contributed by atoms with Crippen LogP contribution in [-0.4, -0.2) is 74.5 Å². The van der Waals surface area contributed by atoms with Gasteiger partial charge in [0.05, 0.1) is 26.5 Å². The van der Waals surface area contributed by atoms with Crippen LogP contribution in [0.25, 0.3) is 0 Å². The van der Waals surface area contributed by atoms with E-state index < -0.39 is 0 Å². The highest BCUT2D eigenvalue weighted by molar-refractivity contribution is 5.95. The molecule has 0 aromatic heterocycles. The van der Waals surface area contributed by atoms with Crippen molar-refractivity contribution in [3.63, 3.8) is 0 Å². The lowest BCUT2D eigenvalue weighted by Crippen LogP contribution is -2.38. The number of methoxy groups -OCH3 is 2. The molecule has 1 saturated heterocycles. The van der Waals surface area contributed by atoms with E-state index in [0.717, 1.165) is 24.3 Å². The van der Waals surface area contributed by atoms with Crippen molar-refractivity contribution in [1.29, 1.82) is 0 Å². The first kappa shape index (κ1) is 26.0. The molecule has 3 rings (SSSR count). The van der Waals surface area contributed by atoms with E-state index in [1.807, 2.05) is 29.2 Å². The predicted octanol–water partition coefficient (Wildman–Crippen LogP) is 2.77. The molecule has 1 fully saturated rings. The van der Waals surface area contributed by atoms with Crippen molar-refractivity contribution in [2.45, 2.75) is 26.2 Å². The number of carbonyl (C=O) groups is 3. The number of hydrogen-bond acceptors (Lipinski definition) is 6. The third-order valence-electron chi connectivity index (χ3n) is 5.89. The fraction of sp³-hybridized carbons (Fsp3) is 0.423. The van der Waals surface area contributed by atoms with E-state index in [1.165, 1.54) is 14.0 Å². The summed E-state index contributed by atoms with van der Waals surface area (Å²) >= 11 is 0. The molecule has 1 aliphatic heterocycles. The Morgan fingerprint density at radius 2 is 1.69 bits per heavy atom. The fourth-order valence-electron chi connectivity index (χ4n) is 4.06. The van der Waals surface area contributed by atoms with Crippen LogP contribution in [0.5, 0.6) is 11.5 Å². The van der Waals surface area contributed by atoms with Crippen LogP contribution in [0, 0.1) is 0 Å². The lowest BCUT2D eigenvalue weighted by molar-refractivity contribution is -0.131. The van der Waals surface area contributed by atoms with Crippen molar-refractivity contribution in [3.8, 4) is 11.5 Å². The molecule has 1 heterocycles. The van der Waals surface area contributed by atoms with Crippen molar-refractivity contribution < 1.29 is 23.9 Å². The number of benzene rings is 2. The lowest BCUT2D eigenvalue weighted by atomic mass is 10.1. The summed E-state index contributed by atoms with van der Waals surface area (Å²) in [5.74, 6) is 1.07. The molecule has 188 valence electrons. The Bertz CT molecular complexity index is 1020. The molecule has 2 aromatic carbocycles. The number of nitrogens with one attached hydrogen (secondary N) is 2. The Morgan fingerprint density at radius 1 is 0.914 bits per heavy atom. The number of ether oxygens (including phenoxy) is 2. The third kappa shape index (κ3) is 7.99. The molecular formula is C26H34N4O5. The van der Waals surface area contributed by atoms with E-state index in [2.05, 4.69) is 15.5 Å². The normalized spacial score (nSPS) is 14.1. The summed E-state index contributed by atoms with van der Waals surface area (Å²) in [6.45, 7) is 4.28. The molecule has 0 unspecified atom stereocenters. The number of hydrogen-bond donors (Lipinski definition) is 2. The Balaban J connectivity index is 1.49. The maximum atomic E-state index is 12.8. The van der Waals surface area contributed by atoms with Crippen molar-refractivity contribution in [2.75, 3.05) is 57.6 Å². The first-order valence-electron chi connectivity index (χ1n) is 11.8. The number of carbonyl (C=O) groups excluding carboxylic acids is 3. The van der Waals surface area contributed by atoms with Gasteiger partial charge in [-0.25, -0.2) is 0 Å². The zero-order valence-corrected chi connectivity index (χ0v) is 20.6. The Hall–Kier alpha value is -3.59. The number of amides is 3. The van der Waals surface area contributed by atoms with Gasteiger partial charge in [0.25, 0.3) is 0 Å². The average Bonchev–Trinajstić information content (AvgIpc) is 3.08. The average molecular weight is 483 g/mol. The second-order valence-corrected chi connectivity index (χ2v) is 8.50. The maximum Gasteiger partial charge on any atom is 0.238 e.